The van der Waals surface area contributed by atoms with Crippen LogP contribution in [0, 0.1) is 10.1 Å². The Kier molecular flexibility index (Phi) is 1.96. The van der Waals surface area contributed by atoms with E-state index in [0.29, 0.717) is 5.92 Å². The fraction of sp³-hybridized carbons (Fsp3) is 0.333. The molecule has 1 unspecified atom stereocenters. The Labute approximate surface area is 80.5 Å². The number of benzene rings is 1. The van der Waals surface area contributed by atoms with Crippen LogP contribution in [0.4, 0.5) is 5.69 Å². The second-order valence-electron chi connectivity index (χ2n) is 3.21. The monoisotopic (exact) mass is 197 g/mol. The first kappa shape index (κ1) is 8.51. The first-order valence-corrected chi connectivity index (χ1v) is 4.50. The summed E-state index contributed by atoms with van der Waals surface area (Å²) in [6.07, 6.45) is 0.985. The van der Waals surface area contributed by atoms with Crippen molar-refractivity contribution in [3.05, 3.63) is 39.9 Å². The van der Waals surface area contributed by atoms with Crippen molar-refractivity contribution in [1.82, 2.24) is 0 Å². The number of nitrogens with zero attached hydrogens (tertiary/aromatic N) is 1. The van der Waals surface area contributed by atoms with E-state index in [2.05, 4.69) is 0 Å². The molecule has 1 aromatic rings. The van der Waals surface area contributed by atoms with Gasteiger partial charge in [0.25, 0.3) is 5.69 Å². The Morgan fingerprint density at radius 3 is 2.31 bits per heavy atom. The third-order valence-electron chi connectivity index (χ3n) is 2.24. The lowest BCUT2D eigenvalue weighted by Crippen LogP contribution is -1.88. The maximum Gasteiger partial charge on any atom is 0.269 e. The zero-order chi connectivity index (χ0) is 9.42. The van der Waals surface area contributed by atoms with Gasteiger partial charge in [-0.15, -0.1) is 11.6 Å². The number of nitro benzene ring substituents is 1. The number of nitro groups is 1. The summed E-state index contributed by atoms with van der Waals surface area (Å²) >= 11 is 5.85. The Hall–Kier alpha value is -1.09. The molecule has 0 spiro atoms. The van der Waals surface area contributed by atoms with Gasteiger partial charge in [0.15, 0.2) is 0 Å². The van der Waals surface area contributed by atoms with E-state index in [1.54, 1.807) is 12.1 Å². The molecule has 2 rings (SSSR count). The molecule has 0 aromatic heterocycles. The SMILES string of the molecule is O=[N+]([O-])c1ccc(C2C[C@H]2Cl)cc1. The van der Waals surface area contributed by atoms with E-state index in [0.717, 1.165) is 12.0 Å². The molecule has 0 amide bonds. The van der Waals surface area contributed by atoms with E-state index in [9.17, 15) is 10.1 Å². The third kappa shape index (κ3) is 1.65. The molecular formula is C9H8ClNO2. The molecule has 13 heavy (non-hydrogen) atoms. The molecule has 0 bridgehead atoms. The number of halogens is 1. The van der Waals surface area contributed by atoms with Crippen molar-refractivity contribution in [1.29, 1.82) is 0 Å². The molecule has 4 heteroatoms. The van der Waals surface area contributed by atoms with Crippen LogP contribution in [-0.4, -0.2) is 10.3 Å². The molecule has 1 saturated carbocycles. The van der Waals surface area contributed by atoms with Gasteiger partial charge in [0, 0.05) is 23.4 Å². The highest BCUT2D eigenvalue weighted by Crippen LogP contribution is 2.45. The van der Waals surface area contributed by atoms with Crippen LogP contribution in [-0.2, 0) is 0 Å². The van der Waals surface area contributed by atoms with Crippen LogP contribution >= 0.6 is 11.6 Å². The van der Waals surface area contributed by atoms with E-state index >= 15 is 0 Å². The van der Waals surface area contributed by atoms with Gasteiger partial charge in [-0.05, 0) is 12.0 Å². The van der Waals surface area contributed by atoms with Gasteiger partial charge in [0.1, 0.15) is 0 Å². The van der Waals surface area contributed by atoms with Gasteiger partial charge in [-0.1, -0.05) is 12.1 Å². The summed E-state index contributed by atoms with van der Waals surface area (Å²) in [5.74, 6) is 0.405. The fourth-order valence-electron chi connectivity index (χ4n) is 1.35. The summed E-state index contributed by atoms with van der Waals surface area (Å²) in [4.78, 5) is 9.95. The number of hydrogen-bond acceptors (Lipinski definition) is 2. The summed E-state index contributed by atoms with van der Waals surface area (Å²) < 4.78 is 0. The van der Waals surface area contributed by atoms with Gasteiger partial charge in [0.2, 0.25) is 0 Å². The molecule has 0 radical (unpaired) electrons. The highest BCUT2D eigenvalue weighted by molar-refractivity contribution is 6.23. The first-order valence-electron chi connectivity index (χ1n) is 4.07. The molecule has 0 N–H and O–H groups in total. The molecule has 3 nitrogen and oxygen atoms in total. The van der Waals surface area contributed by atoms with E-state index in [1.165, 1.54) is 12.1 Å². The van der Waals surface area contributed by atoms with Crippen molar-refractivity contribution in [3.8, 4) is 0 Å². The predicted molar refractivity (Wildman–Crippen MR) is 50.1 cm³/mol. The van der Waals surface area contributed by atoms with Crippen LogP contribution in [0.3, 0.4) is 0 Å². The minimum Gasteiger partial charge on any atom is -0.258 e. The van der Waals surface area contributed by atoms with Crippen LogP contribution < -0.4 is 0 Å². The fourth-order valence-corrected chi connectivity index (χ4v) is 1.69. The Morgan fingerprint density at radius 1 is 1.38 bits per heavy atom. The van der Waals surface area contributed by atoms with Gasteiger partial charge in [0.05, 0.1) is 4.92 Å². The van der Waals surface area contributed by atoms with Gasteiger partial charge in [-0.25, -0.2) is 0 Å². The topological polar surface area (TPSA) is 43.1 Å². The van der Waals surface area contributed by atoms with Gasteiger partial charge in [-0.3, -0.25) is 10.1 Å². The standard InChI is InChI=1S/C9H8ClNO2/c10-9-5-8(9)6-1-3-7(4-2-6)11(12)13/h1-4,8-9H,5H2/t8?,9-/m1/s1. The normalized spacial score (nSPS) is 25.6. The van der Waals surface area contributed by atoms with Crippen molar-refractivity contribution in [2.75, 3.05) is 0 Å². The molecule has 0 heterocycles. The van der Waals surface area contributed by atoms with Crippen molar-refractivity contribution >= 4 is 17.3 Å². The van der Waals surface area contributed by atoms with Crippen LogP contribution in [0.15, 0.2) is 24.3 Å². The number of hydrogen-bond donors (Lipinski definition) is 0. The molecule has 1 aromatic carbocycles. The lowest BCUT2D eigenvalue weighted by Gasteiger charge is -1.96. The van der Waals surface area contributed by atoms with Crippen molar-refractivity contribution in [2.24, 2.45) is 0 Å². The minimum atomic E-state index is -0.394. The van der Waals surface area contributed by atoms with Crippen molar-refractivity contribution in [3.63, 3.8) is 0 Å². The zero-order valence-electron chi connectivity index (χ0n) is 6.81. The highest BCUT2D eigenvalue weighted by Gasteiger charge is 2.36. The summed E-state index contributed by atoms with van der Waals surface area (Å²) in [5.41, 5.74) is 1.24. The van der Waals surface area contributed by atoms with Crippen LogP contribution in [0.5, 0.6) is 0 Å². The molecule has 0 saturated heterocycles. The molecule has 2 atom stereocenters. The second kappa shape index (κ2) is 3.00. The van der Waals surface area contributed by atoms with E-state index < -0.39 is 4.92 Å². The largest absolute Gasteiger partial charge is 0.269 e. The summed E-state index contributed by atoms with van der Waals surface area (Å²) in [7, 11) is 0. The van der Waals surface area contributed by atoms with E-state index in [4.69, 9.17) is 11.6 Å². The highest BCUT2D eigenvalue weighted by atomic mass is 35.5. The van der Waals surface area contributed by atoms with Crippen LogP contribution in [0.25, 0.3) is 0 Å². The predicted octanol–water partition coefficient (Wildman–Crippen LogP) is 2.69. The maximum absolute atomic E-state index is 10.3. The summed E-state index contributed by atoms with van der Waals surface area (Å²) in [6, 6.07) is 6.62. The van der Waals surface area contributed by atoms with Gasteiger partial charge < -0.3 is 0 Å². The average molecular weight is 198 g/mol. The Balaban J connectivity index is 2.19. The molecule has 68 valence electrons. The van der Waals surface area contributed by atoms with Crippen molar-refractivity contribution in [2.45, 2.75) is 17.7 Å². The van der Waals surface area contributed by atoms with Gasteiger partial charge >= 0.3 is 0 Å². The first-order chi connectivity index (χ1) is 6.18. The second-order valence-corrected chi connectivity index (χ2v) is 3.77. The smallest absolute Gasteiger partial charge is 0.258 e. The molecule has 0 aliphatic heterocycles. The summed E-state index contributed by atoms with van der Waals surface area (Å²) in [5, 5.41) is 10.6. The molecule has 1 fully saturated rings. The molecular weight excluding hydrogens is 190 g/mol. The number of rotatable bonds is 2. The average Bonchev–Trinajstić information content (AvgIpc) is 2.83. The van der Waals surface area contributed by atoms with Crippen molar-refractivity contribution < 1.29 is 4.92 Å². The van der Waals surface area contributed by atoms with E-state index in [-0.39, 0.29) is 11.1 Å². The lowest BCUT2D eigenvalue weighted by molar-refractivity contribution is -0.384. The maximum atomic E-state index is 10.3. The van der Waals surface area contributed by atoms with E-state index in [1.807, 2.05) is 0 Å². The lowest BCUT2D eigenvalue weighted by atomic mass is 10.1. The zero-order valence-corrected chi connectivity index (χ0v) is 7.57. The van der Waals surface area contributed by atoms with Crippen LogP contribution in [0.2, 0.25) is 0 Å². The molecule has 1 aliphatic rings. The number of alkyl halides is 1. The third-order valence-corrected chi connectivity index (χ3v) is 2.73. The van der Waals surface area contributed by atoms with Gasteiger partial charge in [-0.2, -0.15) is 0 Å². The summed E-state index contributed by atoms with van der Waals surface area (Å²) in [6.45, 7) is 0. The minimum absolute atomic E-state index is 0.135. The van der Waals surface area contributed by atoms with Crippen LogP contribution in [0.1, 0.15) is 17.9 Å². The number of non-ortho nitro benzene ring substituents is 1. The molecule has 1 aliphatic carbocycles. The Bertz CT molecular complexity index is 336. The Morgan fingerprint density at radius 2 is 1.92 bits per heavy atom. The quantitative estimate of drug-likeness (QED) is 0.416.